The molecule has 28 heavy (non-hydrogen) atoms. The fourth-order valence-electron chi connectivity index (χ4n) is 2.90. The fourth-order valence-corrected chi connectivity index (χ4v) is 4.30. The van der Waals surface area contributed by atoms with Gasteiger partial charge in [-0.3, -0.25) is 4.79 Å². The summed E-state index contributed by atoms with van der Waals surface area (Å²) >= 11 is 4.04. The van der Waals surface area contributed by atoms with Crippen molar-refractivity contribution in [3.63, 3.8) is 0 Å². The molecule has 2 aromatic carbocycles. The number of carbonyl (C=O) groups is 1. The predicted molar refractivity (Wildman–Crippen MR) is 103 cm³/mol. The van der Waals surface area contributed by atoms with Gasteiger partial charge in [0, 0.05) is 18.8 Å². The van der Waals surface area contributed by atoms with E-state index >= 15 is 0 Å². The lowest BCUT2D eigenvalue weighted by atomic mass is 9.99. The van der Waals surface area contributed by atoms with Crippen molar-refractivity contribution in [2.24, 2.45) is 0 Å². The van der Waals surface area contributed by atoms with Crippen molar-refractivity contribution >= 4 is 34.4 Å². The van der Waals surface area contributed by atoms with Crippen LogP contribution in [-0.4, -0.2) is 34.3 Å². The highest BCUT2D eigenvalue weighted by molar-refractivity contribution is 7.80. The lowest BCUT2D eigenvalue weighted by molar-refractivity contribution is -0.121. The van der Waals surface area contributed by atoms with E-state index in [0.717, 1.165) is 6.07 Å². The maximum absolute atomic E-state index is 13.3. The Morgan fingerprint density at radius 1 is 1.32 bits per heavy atom. The van der Waals surface area contributed by atoms with E-state index in [0.29, 0.717) is 11.3 Å². The molecule has 150 valence electrons. The van der Waals surface area contributed by atoms with Crippen molar-refractivity contribution in [1.29, 1.82) is 0 Å². The molecule has 1 aliphatic heterocycles. The summed E-state index contributed by atoms with van der Waals surface area (Å²) in [5.74, 6) is -1.43. The van der Waals surface area contributed by atoms with E-state index < -0.39 is 35.0 Å². The maximum Gasteiger partial charge on any atom is 0.242 e. The van der Waals surface area contributed by atoms with Crippen molar-refractivity contribution in [3.05, 3.63) is 64.7 Å². The SMILES string of the molecule is COCN1C(C(=O)Nc2ccc(F)c(Cl)c2)CC(c2ccc(F)cc2)NS1=O. The quantitative estimate of drug-likeness (QED) is 0.767. The largest absolute Gasteiger partial charge is 0.368 e. The van der Waals surface area contributed by atoms with Gasteiger partial charge in [-0.2, -0.15) is 4.31 Å². The molecule has 0 aliphatic carbocycles. The summed E-state index contributed by atoms with van der Waals surface area (Å²) in [7, 11) is 1.43. The Morgan fingerprint density at radius 2 is 2.04 bits per heavy atom. The van der Waals surface area contributed by atoms with Crippen LogP contribution in [0, 0.1) is 11.6 Å². The summed E-state index contributed by atoms with van der Waals surface area (Å²) in [6, 6.07) is 8.35. The number of hydrogen-bond acceptors (Lipinski definition) is 3. The topological polar surface area (TPSA) is 70.7 Å². The van der Waals surface area contributed by atoms with Crippen molar-refractivity contribution in [2.75, 3.05) is 19.2 Å². The first-order valence-corrected chi connectivity index (χ1v) is 9.82. The normalized spacial score (nSPS) is 22.8. The molecule has 1 saturated heterocycles. The Balaban J connectivity index is 1.82. The number of nitrogens with one attached hydrogen (secondary N) is 2. The van der Waals surface area contributed by atoms with Crippen LogP contribution in [0.15, 0.2) is 42.5 Å². The minimum atomic E-state index is -1.71. The third-order valence-electron chi connectivity index (χ3n) is 4.28. The van der Waals surface area contributed by atoms with Crippen LogP contribution in [0.2, 0.25) is 5.02 Å². The summed E-state index contributed by atoms with van der Waals surface area (Å²) in [4.78, 5) is 12.9. The molecule has 0 bridgehead atoms. The number of rotatable bonds is 5. The first kappa shape index (κ1) is 20.8. The molecule has 1 amide bonds. The van der Waals surface area contributed by atoms with E-state index in [1.54, 1.807) is 12.1 Å². The van der Waals surface area contributed by atoms with Gasteiger partial charge in [0.2, 0.25) is 5.91 Å². The third kappa shape index (κ3) is 4.73. The molecule has 1 fully saturated rings. The predicted octanol–water partition coefficient (Wildman–Crippen LogP) is 3.14. The van der Waals surface area contributed by atoms with E-state index in [4.69, 9.17) is 16.3 Å². The second-order valence-corrected chi connectivity index (χ2v) is 7.79. The highest BCUT2D eigenvalue weighted by Crippen LogP contribution is 2.28. The zero-order valence-electron chi connectivity index (χ0n) is 14.8. The Hall–Kier alpha value is -1.91. The number of carbonyl (C=O) groups excluding carboxylic acids is 1. The average Bonchev–Trinajstić information content (AvgIpc) is 2.67. The Bertz CT molecular complexity index is 885. The fraction of sp³-hybridized carbons (Fsp3) is 0.278. The van der Waals surface area contributed by atoms with Gasteiger partial charge in [-0.15, -0.1) is 0 Å². The van der Waals surface area contributed by atoms with E-state index in [9.17, 15) is 17.8 Å². The van der Waals surface area contributed by atoms with E-state index in [2.05, 4.69) is 10.0 Å². The third-order valence-corrected chi connectivity index (χ3v) is 5.84. The first-order chi connectivity index (χ1) is 13.4. The van der Waals surface area contributed by atoms with Crippen LogP contribution in [-0.2, 0) is 20.7 Å². The number of anilines is 1. The summed E-state index contributed by atoms with van der Waals surface area (Å²) in [5, 5.41) is 2.54. The molecule has 3 atom stereocenters. The number of ether oxygens (including phenoxy) is 1. The smallest absolute Gasteiger partial charge is 0.242 e. The van der Waals surface area contributed by atoms with Crippen LogP contribution in [0.3, 0.4) is 0 Å². The van der Waals surface area contributed by atoms with Crippen LogP contribution >= 0.6 is 11.6 Å². The molecule has 2 N–H and O–H groups in total. The average molecular weight is 430 g/mol. The van der Waals surface area contributed by atoms with Gasteiger partial charge in [-0.05, 0) is 42.3 Å². The molecule has 3 rings (SSSR count). The second kappa shape index (κ2) is 9.06. The number of amides is 1. The highest BCUT2D eigenvalue weighted by Gasteiger charge is 2.38. The van der Waals surface area contributed by atoms with Gasteiger partial charge in [0.15, 0.2) is 11.2 Å². The molecule has 0 aromatic heterocycles. The van der Waals surface area contributed by atoms with Crippen molar-refractivity contribution in [2.45, 2.75) is 18.5 Å². The molecule has 1 aliphatic rings. The van der Waals surface area contributed by atoms with E-state index in [1.165, 1.54) is 35.7 Å². The summed E-state index contributed by atoms with van der Waals surface area (Å²) in [6.07, 6.45) is 0.265. The molecule has 3 unspecified atom stereocenters. The van der Waals surface area contributed by atoms with Crippen LogP contribution in [0.4, 0.5) is 14.5 Å². The van der Waals surface area contributed by atoms with Crippen LogP contribution in [0.5, 0.6) is 0 Å². The molecule has 0 spiro atoms. The Labute approximate surface area is 168 Å². The summed E-state index contributed by atoms with van der Waals surface area (Å²) in [6.45, 7) is -0.0436. The van der Waals surface area contributed by atoms with Crippen molar-refractivity contribution < 1.29 is 22.5 Å². The minimum Gasteiger partial charge on any atom is -0.368 e. The monoisotopic (exact) mass is 429 g/mol. The zero-order chi connectivity index (χ0) is 20.3. The van der Waals surface area contributed by atoms with E-state index in [1.807, 2.05) is 0 Å². The summed E-state index contributed by atoms with van der Waals surface area (Å²) in [5.41, 5.74) is 1.02. The molecule has 6 nitrogen and oxygen atoms in total. The number of methoxy groups -OCH3 is 1. The van der Waals surface area contributed by atoms with Crippen molar-refractivity contribution in [1.82, 2.24) is 9.03 Å². The molecule has 10 heteroatoms. The van der Waals surface area contributed by atoms with Crippen LogP contribution in [0.25, 0.3) is 0 Å². The van der Waals surface area contributed by atoms with Crippen LogP contribution < -0.4 is 10.0 Å². The second-order valence-electron chi connectivity index (χ2n) is 6.18. The number of nitrogens with zero attached hydrogens (tertiary/aromatic N) is 1. The van der Waals surface area contributed by atoms with Gasteiger partial charge in [0.1, 0.15) is 24.4 Å². The Morgan fingerprint density at radius 3 is 2.68 bits per heavy atom. The molecule has 0 radical (unpaired) electrons. The highest BCUT2D eigenvalue weighted by atomic mass is 35.5. The van der Waals surface area contributed by atoms with Gasteiger partial charge < -0.3 is 10.1 Å². The van der Waals surface area contributed by atoms with Gasteiger partial charge in [0.05, 0.1) is 5.02 Å². The molecular weight excluding hydrogens is 412 g/mol. The number of benzene rings is 2. The van der Waals surface area contributed by atoms with E-state index in [-0.39, 0.29) is 24.0 Å². The van der Waals surface area contributed by atoms with Crippen LogP contribution in [0.1, 0.15) is 18.0 Å². The standard InChI is InChI=1S/C18H18ClF2N3O3S/c1-27-10-24-17(18(25)22-13-6-7-15(21)14(19)8-13)9-16(23-28(24)26)11-2-4-12(20)5-3-11/h2-8,16-17,23H,9-10H2,1H3,(H,22,25). The zero-order valence-corrected chi connectivity index (χ0v) is 16.4. The van der Waals surface area contributed by atoms with Gasteiger partial charge in [-0.1, -0.05) is 23.7 Å². The first-order valence-electron chi connectivity index (χ1n) is 8.34. The maximum atomic E-state index is 13.3. The molecular formula is C18H18ClF2N3O3S. The molecule has 2 aromatic rings. The summed E-state index contributed by atoms with van der Waals surface area (Å²) < 4.78 is 48.5. The molecule has 0 saturated carbocycles. The van der Waals surface area contributed by atoms with Crippen molar-refractivity contribution in [3.8, 4) is 0 Å². The van der Waals surface area contributed by atoms with Gasteiger partial charge >= 0.3 is 0 Å². The molecule has 1 heterocycles. The lowest BCUT2D eigenvalue weighted by Crippen LogP contribution is -2.55. The number of halogens is 3. The lowest BCUT2D eigenvalue weighted by Gasteiger charge is -2.37. The van der Waals surface area contributed by atoms with Gasteiger partial charge in [0.25, 0.3) is 0 Å². The van der Waals surface area contributed by atoms with Gasteiger partial charge in [-0.25, -0.2) is 17.7 Å². The Kier molecular flexibility index (Phi) is 6.73. The number of hydrogen-bond donors (Lipinski definition) is 2. The minimum absolute atomic E-state index is 0.0436.